The lowest BCUT2D eigenvalue weighted by atomic mass is 9.98. The molecule has 98 valence electrons. The lowest BCUT2D eigenvalue weighted by Gasteiger charge is -2.30. The molecule has 1 atom stereocenters. The molecule has 18 heavy (non-hydrogen) atoms. The lowest BCUT2D eigenvalue weighted by Crippen LogP contribution is -2.53. The zero-order valence-electron chi connectivity index (χ0n) is 11.3. The van der Waals surface area contributed by atoms with Crippen molar-refractivity contribution in [3.05, 3.63) is 35.4 Å². The number of carbonyl (C=O) groups is 1. The monoisotopic (exact) mass is 246 g/mol. The smallest absolute Gasteiger partial charge is 0.242 e. The van der Waals surface area contributed by atoms with Crippen LogP contribution in [0.4, 0.5) is 0 Å². The molecule has 0 bridgehead atoms. The third-order valence-corrected chi connectivity index (χ3v) is 3.93. The fourth-order valence-electron chi connectivity index (χ4n) is 2.38. The molecule has 2 N–H and O–H groups in total. The van der Waals surface area contributed by atoms with Gasteiger partial charge in [-0.1, -0.05) is 31.2 Å². The summed E-state index contributed by atoms with van der Waals surface area (Å²) in [6, 6.07) is 8.44. The number of nitrogens with zero attached hydrogens (tertiary/aromatic N) is 1. The maximum Gasteiger partial charge on any atom is 0.242 e. The molecule has 0 aromatic heterocycles. The molecular formula is C15H22N2O. The van der Waals surface area contributed by atoms with E-state index >= 15 is 0 Å². The van der Waals surface area contributed by atoms with E-state index in [-0.39, 0.29) is 5.91 Å². The van der Waals surface area contributed by atoms with E-state index in [2.05, 4.69) is 24.3 Å². The van der Waals surface area contributed by atoms with Crippen molar-refractivity contribution in [2.24, 2.45) is 5.73 Å². The van der Waals surface area contributed by atoms with Crippen molar-refractivity contribution >= 4 is 5.91 Å². The molecule has 0 saturated heterocycles. The molecule has 1 unspecified atom stereocenters. The second kappa shape index (κ2) is 5.11. The molecule has 1 amide bonds. The number of hydrogen-bond acceptors (Lipinski definition) is 2. The van der Waals surface area contributed by atoms with Crippen LogP contribution in [0.5, 0.6) is 0 Å². The number of carbonyl (C=O) groups excluding carboxylic acids is 1. The highest BCUT2D eigenvalue weighted by Gasteiger charge is 2.31. The number of rotatable bonds is 2. The quantitative estimate of drug-likeness (QED) is 0.864. The second-order valence-electron chi connectivity index (χ2n) is 5.33. The number of hydrogen-bond donors (Lipinski definition) is 1. The first kappa shape index (κ1) is 13.1. The Kier molecular flexibility index (Phi) is 3.71. The van der Waals surface area contributed by atoms with Gasteiger partial charge in [0.2, 0.25) is 5.91 Å². The molecule has 0 aliphatic carbocycles. The van der Waals surface area contributed by atoms with Crippen molar-refractivity contribution in [1.82, 2.24) is 4.90 Å². The molecule has 0 spiro atoms. The number of fused-ring (bicyclic) bond motifs is 1. The van der Waals surface area contributed by atoms with Crippen molar-refractivity contribution in [2.45, 2.75) is 38.6 Å². The van der Waals surface area contributed by atoms with Crippen LogP contribution in [0.15, 0.2) is 24.3 Å². The van der Waals surface area contributed by atoms with E-state index in [9.17, 15) is 4.79 Å². The van der Waals surface area contributed by atoms with Gasteiger partial charge in [0.1, 0.15) is 0 Å². The van der Waals surface area contributed by atoms with E-state index in [4.69, 9.17) is 5.73 Å². The van der Waals surface area contributed by atoms with Crippen LogP contribution in [0.25, 0.3) is 0 Å². The minimum Gasteiger partial charge on any atom is -0.340 e. The van der Waals surface area contributed by atoms with Crippen LogP contribution in [0.3, 0.4) is 0 Å². The summed E-state index contributed by atoms with van der Waals surface area (Å²) in [5.74, 6) is 0.0813. The second-order valence-corrected chi connectivity index (χ2v) is 5.33. The predicted molar refractivity (Wildman–Crippen MR) is 73.3 cm³/mol. The van der Waals surface area contributed by atoms with E-state index < -0.39 is 5.54 Å². The van der Waals surface area contributed by atoms with E-state index in [1.165, 1.54) is 11.1 Å². The fourth-order valence-corrected chi connectivity index (χ4v) is 2.38. The summed E-state index contributed by atoms with van der Waals surface area (Å²) in [7, 11) is 0. The van der Waals surface area contributed by atoms with Crippen LogP contribution in [0.1, 0.15) is 31.4 Å². The molecule has 1 aromatic rings. The van der Waals surface area contributed by atoms with Gasteiger partial charge in [0.15, 0.2) is 0 Å². The van der Waals surface area contributed by atoms with Crippen molar-refractivity contribution < 1.29 is 4.79 Å². The molecule has 3 nitrogen and oxygen atoms in total. The summed E-state index contributed by atoms with van der Waals surface area (Å²) >= 11 is 0. The minimum absolute atomic E-state index is 0.0813. The van der Waals surface area contributed by atoms with E-state index in [0.717, 1.165) is 25.9 Å². The van der Waals surface area contributed by atoms with E-state index in [1.54, 1.807) is 0 Å². The van der Waals surface area contributed by atoms with Crippen molar-refractivity contribution in [3.63, 3.8) is 0 Å². The van der Waals surface area contributed by atoms with Crippen LogP contribution in [-0.2, 0) is 17.6 Å². The maximum absolute atomic E-state index is 12.4. The van der Waals surface area contributed by atoms with Gasteiger partial charge in [0.05, 0.1) is 5.54 Å². The largest absolute Gasteiger partial charge is 0.340 e. The van der Waals surface area contributed by atoms with Gasteiger partial charge in [-0.2, -0.15) is 0 Å². The van der Waals surface area contributed by atoms with E-state index in [0.29, 0.717) is 6.42 Å². The Bertz CT molecular complexity index is 413. The van der Waals surface area contributed by atoms with Gasteiger partial charge in [0.25, 0.3) is 0 Å². The SMILES string of the molecule is CCC(C)(N)C(=O)N1CCc2ccccc2CC1. The molecular weight excluding hydrogens is 224 g/mol. The van der Waals surface area contributed by atoms with Crippen molar-refractivity contribution in [1.29, 1.82) is 0 Å². The third kappa shape index (κ3) is 2.56. The summed E-state index contributed by atoms with van der Waals surface area (Å²) in [4.78, 5) is 14.3. The normalized spacial score (nSPS) is 18.7. The average molecular weight is 246 g/mol. The third-order valence-electron chi connectivity index (χ3n) is 3.93. The zero-order valence-corrected chi connectivity index (χ0v) is 11.3. The summed E-state index contributed by atoms with van der Waals surface area (Å²) in [5.41, 5.74) is 8.06. The molecule has 0 radical (unpaired) electrons. The topological polar surface area (TPSA) is 46.3 Å². The number of benzene rings is 1. The van der Waals surface area contributed by atoms with Gasteiger partial charge in [-0.3, -0.25) is 4.79 Å². The van der Waals surface area contributed by atoms with Crippen LogP contribution in [-0.4, -0.2) is 29.4 Å². The highest BCUT2D eigenvalue weighted by Crippen LogP contribution is 2.18. The molecule has 2 rings (SSSR count). The molecule has 1 aromatic carbocycles. The molecule has 1 heterocycles. The van der Waals surface area contributed by atoms with Crippen LogP contribution < -0.4 is 5.73 Å². The van der Waals surface area contributed by atoms with Crippen LogP contribution >= 0.6 is 0 Å². The molecule has 1 aliphatic rings. The molecule has 1 aliphatic heterocycles. The maximum atomic E-state index is 12.4. The van der Waals surface area contributed by atoms with E-state index in [1.807, 2.05) is 18.7 Å². The first-order valence-electron chi connectivity index (χ1n) is 6.69. The average Bonchev–Trinajstić information content (AvgIpc) is 2.60. The summed E-state index contributed by atoms with van der Waals surface area (Å²) in [5, 5.41) is 0. The molecule has 3 heteroatoms. The van der Waals surface area contributed by atoms with Gasteiger partial charge in [0, 0.05) is 13.1 Å². The van der Waals surface area contributed by atoms with Gasteiger partial charge in [-0.15, -0.1) is 0 Å². The highest BCUT2D eigenvalue weighted by molar-refractivity contribution is 5.85. The molecule has 0 saturated carbocycles. The van der Waals surface area contributed by atoms with Gasteiger partial charge < -0.3 is 10.6 Å². The number of amides is 1. The Balaban J connectivity index is 2.11. The van der Waals surface area contributed by atoms with Gasteiger partial charge >= 0.3 is 0 Å². The van der Waals surface area contributed by atoms with Crippen LogP contribution in [0, 0.1) is 0 Å². The van der Waals surface area contributed by atoms with Crippen molar-refractivity contribution in [2.75, 3.05) is 13.1 Å². The predicted octanol–water partition coefficient (Wildman–Crippen LogP) is 1.74. The summed E-state index contributed by atoms with van der Waals surface area (Å²) < 4.78 is 0. The minimum atomic E-state index is -0.726. The fraction of sp³-hybridized carbons (Fsp3) is 0.533. The van der Waals surface area contributed by atoms with Gasteiger partial charge in [-0.25, -0.2) is 0 Å². The Morgan fingerprint density at radius 2 is 1.78 bits per heavy atom. The lowest BCUT2D eigenvalue weighted by molar-refractivity contribution is -0.136. The zero-order chi connectivity index (χ0) is 13.2. The Hall–Kier alpha value is -1.35. The standard InChI is InChI=1S/C15H22N2O/c1-3-15(2,16)14(18)17-10-8-12-6-4-5-7-13(12)9-11-17/h4-7H,3,8-11,16H2,1-2H3. The molecule has 0 fully saturated rings. The van der Waals surface area contributed by atoms with Gasteiger partial charge in [-0.05, 0) is 37.3 Å². The Labute approximate surface area is 109 Å². The first-order valence-corrected chi connectivity index (χ1v) is 6.69. The Morgan fingerprint density at radius 3 is 2.22 bits per heavy atom. The highest BCUT2D eigenvalue weighted by atomic mass is 16.2. The summed E-state index contributed by atoms with van der Waals surface area (Å²) in [6.07, 6.45) is 2.54. The number of nitrogens with two attached hydrogens (primary N) is 1. The first-order chi connectivity index (χ1) is 8.54. The van der Waals surface area contributed by atoms with Crippen LogP contribution in [0.2, 0.25) is 0 Å². The summed E-state index contributed by atoms with van der Waals surface area (Å²) in [6.45, 7) is 5.35. The van der Waals surface area contributed by atoms with Crippen molar-refractivity contribution in [3.8, 4) is 0 Å². The Morgan fingerprint density at radius 1 is 1.28 bits per heavy atom.